The Morgan fingerprint density at radius 1 is 1.67 bits per heavy atom. The predicted molar refractivity (Wildman–Crippen MR) is 48.7 cm³/mol. The first-order valence-electron chi connectivity index (χ1n) is 4.67. The molecule has 70 valence electrons. The van der Waals surface area contributed by atoms with Crippen LogP contribution in [0.15, 0.2) is 0 Å². The third-order valence-electron chi connectivity index (χ3n) is 2.79. The van der Waals surface area contributed by atoms with E-state index in [1.54, 1.807) is 6.92 Å². The summed E-state index contributed by atoms with van der Waals surface area (Å²) in [5.74, 6) is -0.0171. The lowest BCUT2D eigenvalue weighted by Gasteiger charge is -2.42. The van der Waals surface area contributed by atoms with E-state index in [2.05, 4.69) is 12.2 Å². The Balaban J connectivity index is 2.43. The Kier molecular flexibility index (Phi) is 2.73. The highest BCUT2D eigenvalue weighted by atomic mass is 16.2. The molecule has 1 fully saturated rings. The number of nitrogens with one attached hydrogen (secondary N) is 1. The van der Waals surface area contributed by atoms with E-state index in [4.69, 9.17) is 5.73 Å². The quantitative estimate of drug-likeness (QED) is 0.657. The fraction of sp³-hybridized carbons (Fsp3) is 0.889. The fourth-order valence-electron chi connectivity index (χ4n) is 1.55. The maximum atomic E-state index is 11.3. The molecule has 3 N–H and O–H groups in total. The SMILES string of the molecule is CCC1(NC(=O)[C@@H](C)N)CCC1. The van der Waals surface area contributed by atoms with Crippen molar-refractivity contribution in [2.45, 2.75) is 51.1 Å². The summed E-state index contributed by atoms with van der Waals surface area (Å²) < 4.78 is 0. The third-order valence-corrected chi connectivity index (χ3v) is 2.79. The van der Waals surface area contributed by atoms with E-state index < -0.39 is 0 Å². The monoisotopic (exact) mass is 170 g/mol. The maximum absolute atomic E-state index is 11.3. The molecule has 0 unspecified atom stereocenters. The summed E-state index contributed by atoms with van der Waals surface area (Å²) >= 11 is 0. The molecule has 0 spiro atoms. The van der Waals surface area contributed by atoms with Gasteiger partial charge in [-0.15, -0.1) is 0 Å². The average Bonchev–Trinajstić information content (AvgIpc) is 1.96. The molecule has 1 saturated carbocycles. The minimum atomic E-state index is -0.381. The van der Waals surface area contributed by atoms with Gasteiger partial charge in [0, 0.05) is 5.54 Å². The molecular weight excluding hydrogens is 152 g/mol. The van der Waals surface area contributed by atoms with Crippen molar-refractivity contribution < 1.29 is 4.79 Å². The average molecular weight is 170 g/mol. The first-order valence-corrected chi connectivity index (χ1v) is 4.67. The highest BCUT2D eigenvalue weighted by Crippen LogP contribution is 2.34. The Morgan fingerprint density at radius 3 is 2.50 bits per heavy atom. The number of carbonyl (C=O) groups excluding carboxylic acids is 1. The molecule has 0 bridgehead atoms. The van der Waals surface area contributed by atoms with Crippen LogP contribution in [0.25, 0.3) is 0 Å². The van der Waals surface area contributed by atoms with Gasteiger partial charge >= 0.3 is 0 Å². The molecule has 0 radical (unpaired) electrons. The van der Waals surface area contributed by atoms with Crippen LogP contribution in [0.3, 0.4) is 0 Å². The molecule has 0 aromatic heterocycles. The zero-order valence-corrected chi connectivity index (χ0v) is 7.89. The van der Waals surface area contributed by atoms with Crippen molar-refractivity contribution in [2.24, 2.45) is 5.73 Å². The second kappa shape index (κ2) is 3.44. The lowest BCUT2D eigenvalue weighted by atomic mass is 9.74. The van der Waals surface area contributed by atoms with E-state index in [1.165, 1.54) is 6.42 Å². The van der Waals surface area contributed by atoms with Gasteiger partial charge in [0.1, 0.15) is 0 Å². The minimum Gasteiger partial charge on any atom is -0.349 e. The first kappa shape index (κ1) is 9.52. The molecular formula is C9H18N2O. The van der Waals surface area contributed by atoms with E-state index in [1.807, 2.05) is 0 Å². The summed E-state index contributed by atoms with van der Waals surface area (Å²) in [4.78, 5) is 11.3. The number of hydrogen-bond donors (Lipinski definition) is 2. The predicted octanol–water partition coefficient (Wildman–Crippen LogP) is 0.782. The van der Waals surface area contributed by atoms with E-state index in [9.17, 15) is 4.79 Å². The van der Waals surface area contributed by atoms with E-state index in [0.29, 0.717) is 0 Å². The zero-order valence-electron chi connectivity index (χ0n) is 7.89. The van der Waals surface area contributed by atoms with Crippen LogP contribution in [0, 0.1) is 0 Å². The molecule has 3 nitrogen and oxygen atoms in total. The lowest BCUT2D eigenvalue weighted by Crippen LogP contribution is -2.56. The minimum absolute atomic E-state index is 0.0171. The van der Waals surface area contributed by atoms with Crippen LogP contribution < -0.4 is 11.1 Å². The molecule has 1 aliphatic rings. The van der Waals surface area contributed by atoms with Gasteiger partial charge in [-0.25, -0.2) is 0 Å². The summed E-state index contributed by atoms with van der Waals surface area (Å²) in [5, 5.41) is 3.02. The number of hydrogen-bond acceptors (Lipinski definition) is 2. The van der Waals surface area contributed by atoms with Crippen LogP contribution in [0.2, 0.25) is 0 Å². The van der Waals surface area contributed by atoms with Crippen molar-refractivity contribution >= 4 is 5.91 Å². The topological polar surface area (TPSA) is 55.1 Å². The first-order chi connectivity index (χ1) is 5.59. The molecule has 0 aromatic carbocycles. The molecule has 0 aliphatic heterocycles. The van der Waals surface area contributed by atoms with Crippen molar-refractivity contribution in [3.63, 3.8) is 0 Å². The van der Waals surface area contributed by atoms with Crippen LogP contribution >= 0.6 is 0 Å². The van der Waals surface area contributed by atoms with Crippen LogP contribution in [0.1, 0.15) is 39.5 Å². The van der Waals surface area contributed by atoms with E-state index in [0.717, 1.165) is 19.3 Å². The summed E-state index contributed by atoms with van der Waals surface area (Å²) in [6.45, 7) is 3.83. The second-order valence-electron chi connectivity index (χ2n) is 3.77. The Hall–Kier alpha value is -0.570. The molecule has 0 aromatic rings. The van der Waals surface area contributed by atoms with Crippen LogP contribution in [-0.4, -0.2) is 17.5 Å². The number of amides is 1. The molecule has 12 heavy (non-hydrogen) atoms. The highest BCUT2D eigenvalue weighted by molar-refractivity contribution is 5.81. The second-order valence-corrected chi connectivity index (χ2v) is 3.77. The number of carbonyl (C=O) groups is 1. The van der Waals surface area contributed by atoms with Gasteiger partial charge in [0.25, 0.3) is 0 Å². The Morgan fingerprint density at radius 2 is 2.25 bits per heavy atom. The maximum Gasteiger partial charge on any atom is 0.237 e. The highest BCUT2D eigenvalue weighted by Gasteiger charge is 2.36. The molecule has 1 amide bonds. The normalized spacial score (nSPS) is 22.6. The summed E-state index contributed by atoms with van der Waals surface area (Å²) in [5.41, 5.74) is 5.55. The number of rotatable bonds is 3. The fourth-order valence-corrected chi connectivity index (χ4v) is 1.55. The van der Waals surface area contributed by atoms with Gasteiger partial charge < -0.3 is 11.1 Å². The molecule has 0 heterocycles. The third kappa shape index (κ3) is 1.78. The van der Waals surface area contributed by atoms with E-state index >= 15 is 0 Å². The molecule has 3 heteroatoms. The van der Waals surface area contributed by atoms with Crippen LogP contribution in [0.4, 0.5) is 0 Å². The summed E-state index contributed by atoms with van der Waals surface area (Å²) in [6, 6.07) is -0.381. The van der Waals surface area contributed by atoms with Gasteiger partial charge in [0.2, 0.25) is 5.91 Å². The standard InChI is InChI=1S/C9H18N2O/c1-3-9(5-4-6-9)11-8(12)7(2)10/h7H,3-6,10H2,1-2H3,(H,11,12)/t7-/m1/s1. The van der Waals surface area contributed by atoms with Gasteiger partial charge in [-0.2, -0.15) is 0 Å². The largest absolute Gasteiger partial charge is 0.349 e. The molecule has 1 atom stereocenters. The van der Waals surface area contributed by atoms with Crippen LogP contribution in [-0.2, 0) is 4.79 Å². The zero-order chi connectivity index (χ0) is 9.19. The number of nitrogens with two attached hydrogens (primary N) is 1. The Labute approximate surface area is 73.7 Å². The molecule has 0 saturated heterocycles. The van der Waals surface area contributed by atoms with Crippen LogP contribution in [0.5, 0.6) is 0 Å². The van der Waals surface area contributed by atoms with E-state index in [-0.39, 0.29) is 17.5 Å². The van der Waals surface area contributed by atoms with Crippen molar-refractivity contribution in [3.8, 4) is 0 Å². The summed E-state index contributed by atoms with van der Waals surface area (Å²) in [6.07, 6.45) is 4.47. The molecule has 1 rings (SSSR count). The van der Waals surface area contributed by atoms with Gasteiger partial charge in [0.05, 0.1) is 6.04 Å². The lowest BCUT2D eigenvalue weighted by molar-refractivity contribution is -0.125. The van der Waals surface area contributed by atoms with Gasteiger partial charge in [-0.1, -0.05) is 6.92 Å². The smallest absolute Gasteiger partial charge is 0.237 e. The van der Waals surface area contributed by atoms with Crippen molar-refractivity contribution in [1.29, 1.82) is 0 Å². The van der Waals surface area contributed by atoms with Gasteiger partial charge in [0.15, 0.2) is 0 Å². The van der Waals surface area contributed by atoms with Crippen molar-refractivity contribution in [1.82, 2.24) is 5.32 Å². The summed E-state index contributed by atoms with van der Waals surface area (Å²) in [7, 11) is 0. The van der Waals surface area contributed by atoms with Crippen molar-refractivity contribution in [3.05, 3.63) is 0 Å². The van der Waals surface area contributed by atoms with Crippen molar-refractivity contribution in [2.75, 3.05) is 0 Å². The Bertz CT molecular complexity index is 168. The van der Waals surface area contributed by atoms with Gasteiger partial charge in [-0.05, 0) is 32.6 Å². The van der Waals surface area contributed by atoms with Gasteiger partial charge in [-0.3, -0.25) is 4.79 Å². The molecule has 1 aliphatic carbocycles.